The first-order chi connectivity index (χ1) is 10.6. The highest BCUT2D eigenvalue weighted by molar-refractivity contribution is 7.96. The number of hydrogen-bond donors (Lipinski definition) is 1. The molecule has 1 aromatic rings. The number of halogens is 1. The van der Waals surface area contributed by atoms with Gasteiger partial charge in [-0.2, -0.15) is 0 Å². The normalized spacial score (nSPS) is 22.0. The molecule has 1 amide bonds. The van der Waals surface area contributed by atoms with Crippen LogP contribution in [0.15, 0.2) is 24.3 Å². The Morgan fingerprint density at radius 3 is 2.64 bits per heavy atom. The molecular weight excluding hydrogens is 307 g/mol. The van der Waals surface area contributed by atoms with E-state index in [2.05, 4.69) is 4.31 Å². The van der Waals surface area contributed by atoms with Crippen LogP contribution in [0.2, 0.25) is 0 Å². The van der Waals surface area contributed by atoms with Gasteiger partial charge in [0.1, 0.15) is 11.8 Å². The molecule has 120 valence electrons. The molecule has 1 aromatic carbocycles. The SMILES string of the molecule is O=C(O)N1CCC2(CC1)CN(Cc1ccc(F)cc1)SCO2. The molecule has 3 rings (SSSR count). The Morgan fingerprint density at radius 1 is 1.32 bits per heavy atom. The second-order valence-electron chi connectivity index (χ2n) is 5.77. The summed E-state index contributed by atoms with van der Waals surface area (Å²) in [5.74, 6) is 0.352. The highest BCUT2D eigenvalue weighted by Crippen LogP contribution is 2.35. The number of hydrogen-bond acceptors (Lipinski definition) is 4. The first-order valence-electron chi connectivity index (χ1n) is 7.30. The van der Waals surface area contributed by atoms with E-state index in [0.29, 0.717) is 19.0 Å². The Hall–Kier alpha value is -1.31. The van der Waals surface area contributed by atoms with Gasteiger partial charge < -0.3 is 14.7 Å². The molecule has 1 spiro atoms. The Morgan fingerprint density at radius 2 is 2.00 bits per heavy atom. The summed E-state index contributed by atoms with van der Waals surface area (Å²) in [7, 11) is 0. The molecule has 0 aromatic heterocycles. The molecule has 5 nitrogen and oxygen atoms in total. The van der Waals surface area contributed by atoms with Crippen molar-refractivity contribution in [3.8, 4) is 0 Å². The Balaban J connectivity index is 1.60. The van der Waals surface area contributed by atoms with E-state index in [-0.39, 0.29) is 11.4 Å². The van der Waals surface area contributed by atoms with Crippen molar-refractivity contribution in [1.29, 1.82) is 0 Å². The molecule has 2 saturated heterocycles. The predicted molar refractivity (Wildman–Crippen MR) is 81.9 cm³/mol. The minimum Gasteiger partial charge on any atom is -0.465 e. The standard InChI is InChI=1S/C15H19FN2O3S/c16-13-3-1-12(2-4-13)9-18-10-15(21-11-22-18)5-7-17(8-6-15)14(19)20/h1-4H,5-11H2,(H,19,20). The van der Waals surface area contributed by atoms with E-state index in [0.717, 1.165) is 31.5 Å². The molecule has 0 saturated carbocycles. The fraction of sp³-hybridized carbons (Fsp3) is 0.533. The number of benzene rings is 1. The topological polar surface area (TPSA) is 53.0 Å². The van der Waals surface area contributed by atoms with Gasteiger partial charge in [-0.25, -0.2) is 13.5 Å². The number of ether oxygens (including phenoxy) is 1. The Labute approximate surface area is 133 Å². The summed E-state index contributed by atoms with van der Waals surface area (Å²) >= 11 is 1.62. The molecule has 2 aliphatic heterocycles. The molecule has 2 heterocycles. The van der Waals surface area contributed by atoms with E-state index in [1.807, 2.05) is 0 Å². The van der Waals surface area contributed by atoms with Crippen molar-refractivity contribution in [2.24, 2.45) is 0 Å². The number of piperidine rings is 1. The van der Waals surface area contributed by atoms with Crippen LogP contribution in [0.4, 0.5) is 9.18 Å². The Bertz CT molecular complexity index is 532. The molecule has 1 N–H and O–H groups in total. The second kappa shape index (κ2) is 6.44. The van der Waals surface area contributed by atoms with Crippen molar-refractivity contribution in [2.75, 3.05) is 25.6 Å². The number of nitrogens with zero attached hydrogens (tertiary/aromatic N) is 2. The first-order valence-corrected chi connectivity index (χ1v) is 8.25. The summed E-state index contributed by atoms with van der Waals surface area (Å²) in [4.78, 5) is 12.4. The van der Waals surface area contributed by atoms with Crippen molar-refractivity contribution in [3.63, 3.8) is 0 Å². The third-order valence-corrected chi connectivity index (χ3v) is 5.13. The van der Waals surface area contributed by atoms with Crippen molar-refractivity contribution in [1.82, 2.24) is 9.21 Å². The van der Waals surface area contributed by atoms with Gasteiger partial charge in [-0.15, -0.1) is 0 Å². The molecule has 0 radical (unpaired) electrons. The lowest BCUT2D eigenvalue weighted by atomic mass is 9.91. The molecule has 0 bridgehead atoms. The van der Waals surface area contributed by atoms with Crippen LogP contribution in [-0.2, 0) is 11.3 Å². The monoisotopic (exact) mass is 326 g/mol. The number of likely N-dealkylation sites (tertiary alicyclic amines) is 1. The van der Waals surface area contributed by atoms with E-state index >= 15 is 0 Å². The number of rotatable bonds is 2. The predicted octanol–water partition coefficient (Wildman–Crippen LogP) is 2.78. The van der Waals surface area contributed by atoms with E-state index < -0.39 is 6.09 Å². The highest BCUT2D eigenvalue weighted by Gasteiger charge is 2.41. The lowest BCUT2D eigenvalue weighted by Gasteiger charge is -2.46. The van der Waals surface area contributed by atoms with Gasteiger partial charge in [-0.3, -0.25) is 0 Å². The molecule has 2 fully saturated rings. The van der Waals surface area contributed by atoms with Gasteiger partial charge in [-0.1, -0.05) is 12.1 Å². The van der Waals surface area contributed by atoms with E-state index in [9.17, 15) is 9.18 Å². The average molecular weight is 326 g/mol. The van der Waals surface area contributed by atoms with Crippen LogP contribution >= 0.6 is 11.9 Å². The summed E-state index contributed by atoms with van der Waals surface area (Å²) in [5.41, 5.74) is 0.811. The van der Waals surface area contributed by atoms with Crippen molar-refractivity contribution in [3.05, 3.63) is 35.6 Å². The zero-order valence-electron chi connectivity index (χ0n) is 12.2. The number of carboxylic acid groups (broad SMARTS) is 1. The summed E-state index contributed by atoms with van der Waals surface area (Å²) < 4.78 is 21.2. The Kier molecular flexibility index (Phi) is 4.56. The molecule has 22 heavy (non-hydrogen) atoms. The van der Waals surface area contributed by atoms with Gasteiger partial charge in [0.15, 0.2) is 0 Å². The second-order valence-corrected chi connectivity index (χ2v) is 6.78. The van der Waals surface area contributed by atoms with Crippen LogP contribution in [0.3, 0.4) is 0 Å². The van der Waals surface area contributed by atoms with Crippen molar-refractivity contribution in [2.45, 2.75) is 25.0 Å². The maximum absolute atomic E-state index is 13.0. The lowest BCUT2D eigenvalue weighted by molar-refractivity contribution is -0.0793. The molecule has 2 aliphatic rings. The molecule has 7 heteroatoms. The fourth-order valence-electron chi connectivity index (χ4n) is 2.94. The number of amides is 1. The fourth-order valence-corrected chi connectivity index (χ4v) is 3.96. The molecule has 0 unspecified atom stereocenters. The highest BCUT2D eigenvalue weighted by atomic mass is 32.2. The maximum atomic E-state index is 13.0. The van der Waals surface area contributed by atoms with Gasteiger partial charge >= 0.3 is 6.09 Å². The summed E-state index contributed by atoms with van der Waals surface area (Å²) in [6.45, 7) is 2.54. The molecule has 0 atom stereocenters. The smallest absolute Gasteiger partial charge is 0.407 e. The van der Waals surface area contributed by atoms with Gasteiger partial charge in [0.25, 0.3) is 0 Å². The quantitative estimate of drug-likeness (QED) is 0.847. The molecule has 0 aliphatic carbocycles. The summed E-state index contributed by atoms with van der Waals surface area (Å²) in [5, 5.41) is 9.03. The maximum Gasteiger partial charge on any atom is 0.407 e. The third-order valence-electron chi connectivity index (χ3n) is 4.28. The summed E-state index contributed by atoms with van der Waals surface area (Å²) in [6.07, 6.45) is 0.586. The third kappa shape index (κ3) is 3.53. The van der Waals surface area contributed by atoms with Crippen LogP contribution < -0.4 is 0 Å². The van der Waals surface area contributed by atoms with Crippen LogP contribution in [0, 0.1) is 5.82 Å². The minimum atomic E-state index is -0.858. The van der Waals surface area contributed by atoms with E-state index in [1.165, 1.54) is 17.0 Å². The zero-order chi connectivity index (χ0) is 15.6. The largest absolute Gasteiger partial charge is 0.465 e. The zero-order valence-corrected chi connectivity index (χ0v) is 13.0. The van der Waals surface area contributed by atoms with E-state index in [4.69, 9.17) is 9.84 Å². The van der Waals surface area contributed by atoms with Crippen molar-refractivity contribution < 1.29 is 19.0 Å². The van der Waals surface area contributed by atoms with Gasteiger partial charge in [-0.05, 0) is 42.5 Å². The van der Waals surface area contributed by atoms with Crippen LogP contribution in [-0.4, -0.2) is 51.6 Å². The van der Waals surface area contributed by atoms with Crippen LogP contribution in [0.5, 0.6) is 0 Å². The minimum absolute atomic E-state index is 0.226. The van der Waals surface area contributed by atoms with Crippen molar-refractivity contribution >= 4 is 18.0 Å². The van der Waals surface area contributed by atoms with Gasteiger partial charge in [0, 0.05) is 26.2 Å². The summed E-state index contributed by atoms with van der Waals surface area (Å²) in [6, 6.07) is 6.54. The first kappa shape index (κ1) is 15.6. The van der Waals surface area contributed by atoms with E-state index in [1.54, 1.807) is 24.1 Å². The lowest BCUT2D eigenvalue weighted by Crippen LogP contribution is -2.54. The van der Waals surface area contributed by atoms with Gasteiger partial charge in [0.05, 0.1) is 5.60 Å². The molecular formula is C15H19FN2O3S. The van der Waals surface area contributed by atoms with Crippen LogP contribution in [0.1, 0.15) is 18.4 Å². The average Bonchev–Trinajstić information content (AvgIpc) is 2.50. The van der Waals surface area contributed by atoms with Gasteiger partial charge in [0.2, 0.25) is 0 Å². The van der Waals surface area contributed by atoms with Crippen LogP contribution in [0.25, 0.3) is 0 Å². The number of carbonyl (C=O) groups is 1.